The molecule has 0 aliphatic carbocycles. The molecule has 1 aromatic carbocycles. The molecule has 1 aliphatic rings. The summed E-state index contributed by atoms with van der Waals surface area (Å²) in [5.74, 6) is 0.222. The third-order valence-corrected chi connectivity index (χ3v) is 5.73. The van der Waals surface area contributed by atoms with Crippen molar-refractivity contribution in [1.29, 1.82) is 0 Å². The van der Waals surface area contributed by atoms with Crippen LogP contribution in [0, 0.1) is 5.92 Å². The number of benzene rings is 1. The van der Waals surface area contributed by atoms with E-state index in [0.717, 1.165) is 33.0 Å². The number of hydrogen-bond donors (Lipinski definition) is 3. The van der Waals surface area contributed by atoms with Crippen LogP contribution in [0.5, 0.6) is 0 Å². The molecule has 4 rings (SSSR count). The molecular weight excluding hydrogens is 348 g/mol. The van der Waals surface area contributed by atoms with Crippen LogP contribution in [-0.4, -0.2) is 45.6 Å². The Morgan fingerprint density at radius 3 is 3.12 bits per heavy atom. The highest BCUT2D eigenvalue weighted by Gasteiger charge is 2.25. The second kappa shape index (κ2) is 7.09. The second-order valence-corrected chi connectivity index (χ2v) is 7.89. The minimum Gasteiger partial charge on any atom is -0.396 e. The Hall–Kier alpha value is -2.38. The Balaban J connectivity index is 1.47. The predicted molar refractivity (Wildman–Crippen MR) is 104 cm³/mol. The molecule has 2 aromatic heterocycles. The van der Waals surface area contributed by atoms with Crippen LogP contribution >= 0.6 is 11.3 Å². The molecular formula is C19H22N4O2S. The summed E-state index contributed by atoms with van der Waals surface area (Å²) >= 11 is 1.60. The molecule has 1 amide bonds. The van der Waals surface area contributed by atoms with Crippen molar-refractivity contribution in [2.24, 2.45) is 5.92 Å². The monoisotopic (exact) mass is 370 g/mol. The van der Waals surface area contributed by atoms with Gasteiger partial charge >= 0.3 is 0 Å². The lowest BCUT2D eigenvalue weighted by Crippen LogP contribution is -2.35. The summed E-state index contributed by atoms with van der Waals surface area (Å²) in [6.07, 6.45) is 0.773. The van der Waals surface area contributed by atoms with E-state index in [4.69, 9.17) is 5.11 Å². The van der Waals surface area contributed by atoms with Gasteiger partial charge in [0, 0.05) is 41.9 Å². The summed E-state index contributed by atoms with van der Waals surface area (Å²) in [6, 6.07) is 9.84. The highest BCUT2D eigenvalue weighted by molar-refractivity contribution is 7.15. The maximum atomic E-state index is 12.9. The van der Waals surface area contributed by atoms with Crippen LogP contribution in [0.3, 0.4) is 0 Å². The third kappa shape index (κ3) is 3.32. The molecule has 0 fully saturated rings. The Labute approximate surface area is 155 Å². The zero-order chi connectivity index (χ0) is 18.1. The van der Waals surface area contributed by atoms with Crippen molar-refractivity contribution < 1.29 is 9.90 Å². The number of nitrogens with one attached hydrogen (secondary N) is 2. The zero-order valence-electron chi connectivity index (χ0n) is 14.7. The maximum absolute atomic E-state index is 12.9. The number of rotatable bonds is 5. The van der Waals surface area contributed by atoms with Crippen molar-refractivity contribution in [3.8, 4) is 0 Å². The molecule has 136 valence electrons. The lowest BCUT2D eigenvalue weighted by atomic mass is 10.1. The zero-order valence-corrected chi connectivity index (χ0v) is 15.5. The third-order valence-electron chi connectivity index (χ3n) is 4.69. The number of carbonyl (C=O) groups excluding carboxylic acids is 1. The van der Waals surface area contributed by atoms with Gasteiger partial charge in [0.25, 0.3) is 5.91 Å². The van der Waals surface area contributed by atoms with Gasteiger partial charge in [0.2, 0.25) is 0 Å². The summed E-state index contributed by atoms with van der Waals surface area (Å²) in [5.41, 5.74) is 2.69. The van der Waals surface area contributed by atoms with E-state index < -0.39 is 0 Å². The van der Waals surface area contributed by atoms with Gasteiger partial charge in [-0.25, -0.2) is 4.98 Å². The number of nitrogens with zero attached hydrogens (tertiary/aromatic N) is 2. The van der Waals surface area contributed by atoms with E-state index in [1.807, 2.05) is 42.2 Å². The van der Waals surface area contributed by atoms with Gasteiger partial charge in [0.1, 0.15) is 5.69 Å². The molecule has 1 unspecified atom stereocenters. The normalized spacial score (nSPS) is 15.1. The minimum absolute atomic E-state index is 0.0312. The average molecular weight is 370 g/mol. The topological polar surface area (TPSA) is 81.2 Å². The fourth-order valence-corrected chi connectivity index (χ4v) is 4.16. The number of amides is 1. The van der Waals surface area contributed by atoms with E-state index >= 15 is 0 Å². The lowest BCUT2D eigenvalue weighted by molar-refractivity contribution is 0.0731. The second-order valence-electron chi connectivity index (χ2n) is 6.80. The van der Waals surface area contributed by atoms with Crippen LogP contribution in [0.1, 0.15) is 28.0 Å². The standard InChI is InChI=1S/C19H22N4O2S/c1-12(11-24)9-20-19-22-15-6-7-23(10-17(15)26-19)18(25)16-8-13-4-2-3-5-14(13)21-16/h2-5,8,12,21,24H,6-7,9-11H2,1H3,(H,20,22). The van der Waals surface area contributed by atoms with Crippen molar-refractivity contribution in [3.63, 3.8) is 0 Å². The molecule has 0 radical (unpaired) electrons. The molecule has 6 nitrogen and oxygen atoms in total. The van der Waals surface area contributed by atoms with Crippen LogP contribution in [0.15, 0.2) is 30.3 Å². The molecule has 0 saturated carbocycles. The fraction of sp³-hybridized carbons (Fsp3) is 0.368. The highest BCUT2D eigenvalue weighted by atomic mass is 32.1. The van der Waals surface area contributed by atoms with Crippen LogP contribution in [0.2, 0.25) is 0 Å². The van der Waals surface area contributed by atoms with Crippen molar-refractivity contribution in [1.82, 2.24) is 14.9 Å². The molecule has 3 heterocycles. The van der Waals surface area contributed by atoms with Gasteiger partial charge in [-0.05, 0) is 18.1 Å². The summed E-state index contributed by atoms with van der Waals surface area (Å²) in [7, 11) is 0. The number of aliphatic hydroxyl groups is 1. The van der Waals surface area contributed by atoms with Crippen molar-refractivity contribution in [2.45, 2.75) is 19.9 Å². The van der Waals surface area contributed by atoms with Gasteiger partial charge < -0.3 is 20.3 Å². The van der Waals surface area contributed by atoms with Crippen molar-refractivity contribution in [3.05, 3.63) is 46.6 Å². The molecule has 3 aromatic rings. The number of thiazole rings is 1. The fourth-order valence-electron chi connectivity index (χ4n) is 3.13. The van der Waals surface area contributed by atoms with Gasteiger partial charge in [-0.15, -0.1) is 0 Å². The van der Waals surface area contributed by atoms with E-state index in [0.29, 0.717) is 25.3 Å². The first-order valence-electron chi connectivity index (χ1n) is 8.84. The number of carbonyl (C=O) groups is 1. The quantitative estimate of drug-likeness (QED) is 0.645. The van der Waals surface area contributed by atoms with Crippen molar-refractivity contribution >= 4 is 33.3 Å². The minimum atomic E-state index is 0.0312. The number of aliphatic hydroxyl groups excluding tert-OH is 1. The smallest absolute Gasteiger partial charge is 0.270 e. The number of aromatic amines is 1. The Morgan fingerprint density at radius 1 is 1.46 bits per heavy atom. The Morgan fingerprint density at radius 2 is 2.31 bits per heavy atom. The average Bonchev–Trinajstić information content (AvgIpc) is 3.28. The summed E-state index contributed by atoms with van der Waals surface area (Å²) in [4.78, 5) is 23.8. The van der Waals surface area contributed by atoms with E-state index in [-0.39, 0.29) is 18.4 Å². The maximum Gasteiger partial charge on any atom is 0.270 e. The van der Waals surface area contributed by atoms with Gasteiger partial charge in [-0.3, -0.25) is 4.79 Å². The van der Waals surface area contributed by atoms with Gasteiger partial charge in [0.05, 0.1) is 12.2 Å². The van der Waals surface area contributed by atoms with E-state index in [2.05, 4.69) is 15.3 Å². The number of anilines is 1. The lowest BCUT2D eigenvalue weighted by Gasteiger charge is -2.25. The largest absolute Gasteiger partial charge is 0.396 e. The Bertz CT molecular complexity index is 900. The molecule has 0 saturated heterocycles. The number of aromatic nitrogens is 2. The van der Waals surface area contributed by atoms with Crippen LogP contribution < -0.4 is 5.32 Å². The molecule has 0 spiro atoms. The van der Waals surface area contributed by atoms with E-state index in [9.17, 15) is 4.79 Å². The molecule has 3 N–H and O–H groups in total. The first-order chi connectivity index (χ1) is 12.6. The van der Waals surface area contributed by atoms with E-state index in [1.165, 1.54) is 0 Å². The van der Waals surface area contributed by atoms with Gasteiger partial charge in [0.15, 0.2) is 5.13 Å². The van der Waals surface area contributed by atoms with Crippen molar-refractivity contribution in [2.75, 3.05) is 25.0 Å². The van der Waals surface area contributed by atoms with Gasteiger partial charge in [-0.1, -0.05) is 36.5 Å². The molecule has 7 heteroatoms. The van der Waals surface area contributed by atoms with Crippen LogP contribution in [0.25, 0.3) is 10.9 Å². The molecule has 1 aliphatic heterocycles. The molecule has 26 heavy (non-hydrogen) atoms. The molecule has 0 bridgehead atoms. The summed E-state index contributed by atoms with van der Waals surface area (Å²) in [5, 5.41) is 14.3. The first-order valence-corrected chi connectivity index (χ1v) is 9.66. The van der Waals surface area contributed by atoms with E-state index in [1.54, 1.807) is 11.3 Å². The van der Waals surface area contributed by atoms with Gasteiger partial charge in [-0.2, -0.15) is 0 Å². The SMILES string of the molecule is CC(CO)CNc1nc2c(s1)CN(C(=O)c1cc3ccccc3[nH]1)CC2. The summed E-state index contributed by atoms with van der Waals surface area (Å²) in [6.45, 7) is 4.11. The Kier molecular flexibility index (Phi) is 4.65. The number of H-pyrrole nitrogens is 1. The predicted octanol–water partition coefficient (Wildman–Crippen LogP) is 2.86. The number of para-hydroxylation sites is 1. The number of hydrogen-bond acceptors (Lipinski definition) is 5. The van der Waals surface area contributed by atoms with Crippen LogP contribution in [-0.2, 0) is 13.0 Å². The number of fused-ring (bicyclic) bond motifs is 2. The van der Waals surface area contributed by atoms with Crippen LogP contribution in [0.4, 0.5) is 5.13 Å². The molecule has 1 atom stereocenters. The summed E-state index contributed by atoms with van der Waals surface area (Å²) < 4.78 is 0. The highest BCUT2D eigenvalue weighted by Crippen LogP contribution is 2.29. The first kappa shape index (κ1) is 17.1.